The summed E-state index contributed by atoms with van der Waals surface area (Å²) in [6.07, 6.45) is 11.0. The van der Waals surface area contributed by atoms with E-state index >= 15 is 0 Å². The molecule has 0 aliphatic heterocycles. The second-order valence-electron chi connectivity index (χ2n) is 4.90. The Morgan fingerprint density at radius 3 is 2.57 bits per heavy atom. The fourth-order valence-corrected chi connectivity index (χ4v) is 2.45. The third-order valence-corrected chi connectivity index (χ3v) is 3.61. The fourth-order valence-electron chi connectivity index (χ4n) is 2.45. The molecule has 82 valence electrons. The van der Waals surface area contributed by atoms with Crippen LogP contribution in [-0.2, 0) is 0 Å². The summed E-state index contributed by atoms with van der Waals surface area (Å²) in [7, 11) is 0. The summed E-state index contributed by atoms with van der Waals surface area (Å²) in [4.78, 5) is 0. The van der Waals surface area contributed by atoms with Gasteiger partial charge in [-0.15, -0.1) is 6.58 Å². The number of hydrogen-bond donors (Lipinski definition) is 1. The quantitative estimate of drug-likeness (QED) is 0.527. The van der Waals surface area contributed by atoms with Crippen molar-refractivity contribution in [3.05, 3.63) is 12.7 Å². The Kier molecular flexibility index (Phi) is 5.24. The summed E-state index contributed by atoms with van der Waals surface area (Å²) in [6.45, 7) is 6.10. The van der Waals surface area contributed by atoms with Gasteiger partial charge in [0, 0.05) is 6.04 Å². The number of hydrogen-bond acceptors (Lipinski definition) is 1. The molecule has 0 aromatic heterocycles. The molecule has 0 aromatic carbocycles. The lowest BCUT2D eigenvalue weighted by atomic mass is 9.78. The van der Waals surface area contributed by atoms with Crippen LogP contribution in [0.5, 0.6) is 0 Å². The molecule has 1 saturated carbocycles. The van der Waals surface area contributed by atoms with Gasteiger partial charge in [0.1, 0.15) is 0 Å². The predicted molar refractivity (Wildman–Crippen MR) is 63.1 cm³/mol. The Morgan fingerprint density at radius 2 is 2.00 bits per heavy atom. The van der Waals surface area contributed by atoms with E-state index in [2.05, 4.69) is 13.5 Å². The lowest BCUT2D eigenvalue weighted by Crippen LogP contribution is -2.32. The van der Waals surface area contributed by atoms with Crippen LogP contribution in [0.15, 0.2) is 12.7 Å². The van der Waals surface area contributed by atoms with Crippen LogP contribution in [0.25, 0.3) is 0 Å². The first-order chi connectivity index (χ1) is 6.74. The highest BCUT2D eigenvalue weighted by molar-refractivity contribution is 4.79. The Labute approximate surface area is 88.8 Å². The summed E-state index contributed by atoms with van der Waals surface area (Å²) in [6, 6.07) is 0.447. The largest absolute Gasteiger partial charge is 0.327 e. The lowest BCUT2D eigenvalue weighted by Gasteiger charge is -2.30. The molecule has 1 aliphatic carbocycles. The maximum atomic E-state index is 6.20. The normalized spacial score (nSPS) is 29.9. The second-order valence-corrected chi connectivity index (χ2v) is 4.90. The van der Waals surface area contributed by atoms with Crippen molar-refractivity contribution < 1.29 is 0 Å². The van der Waals surface area contributed by atoms with Crippen LogP contribution in [0, 0.1) is 11.8 Å². The van der Waals surface area contributed by atoms with Gasteiger partial charge in [0.2, 0.25) is 0 Å². The van der Waals surface area contributed by atoms with E-state index in [4.69, 9.17) is 5.73 Å². The van der Waals surface area contributed by atoms with Crippen molar-refractivity contribution in [1.82, 2.24) is 0 Å². The van der Waals surface area contributed by atoms with Crippen molar-refractivity contribution in [3.8, 4) is 0 Å². The summed E-state index contributed by atoms with van der Waals surface area (Å²) in [5.74, 6) is 1.74. The second kappa shape index (κ2) is 6.23. The SMILES string of the molecule is C=CCCCC(N)C1CCC(C)CC1. The third-order valence-electron chi connectivity index (χ3n) is 3.61. The molecule has 0 heterocycles. The standard InChI is InChI=1S/C13H25N/c1-3-4-5-6-13(14)12-9-7-11(2)8-10-12/h3,11-13H,1,4-10,14H2,2H3. The highest BCUT2D eigenvalue weighted by atomic mass is 14.6. The average Bonchev–Trinajstić information content (AvgIpc) is 2.19. The molecular formula is C13H25N. The molecule has 1 aliphatic rings. The van der Waals surface area contributed by atoms with Gasteiger partial charge < -0.3 is 5.73 Å². The van der Waals surface area contributed by atoms with Gasteiger partial charge in [-0.2, -0.15) is 0 Å². The summed E-state index contributed by atoms with van der Waals surface area (Å²) in [5, 5.41) is 0. The monoisotopic (exact) mass is 195 g/mol. The van der Waals surface area contributed by atoms with Crippen molar-refractivity contribution in [1.29, 1.82) is 0 Å². The third kappa shape index (κ3) is 3.83. The smallest absolute Gasteiger partial charge is 0.00672 e. The summed E-state index contributed by atoms with van der Waals surface area (Å²) in [5.41, 5.74) is 6.20. The maximum Gasteiger partial charge on any atom is 0.00672 e. The zero-order chi connectivity index (χ0) is 10.4. The van der Waals surface area contributed by atoms with Crippen LogP contribution >= 0.6 is 0 Å². The first-order valence-electron chi connectivity index (χ1n) is 6.10. The molecule has 0 radical (unpaired) electrons. The van der Waals surface area contributed by atoms with E-state index < -0.39 is 0 Å². The van der Waals surface area contributed by atoms with E-state index in [9.17, 15) is 0 Å². The van der Waals surface area contributed by atoms with Crippen molar-refractivity contribution >= 4 is 0 Å². The molecule has 1 heteroatoms. The highest BCUT2D eigenvalue weighted by Crippen LogP contribution is 2.31. The average molecular weight is 195 g/mol. The van der Waals surface area contributed by atoms with E-state index in [1.54, 1.807) is 0 Å². The Hall–Kier alpha value is -0.300. The van der Waals surface area contributed by atoms with Gasteiger partial charge in [0.05, 0.1) is 0 Å². The van der Waals surface area contributed by atoms with Crippen LogP contribution in [0.4, 0.5) is 0 Å². The number of unbranched alkanes of at least 4 members (excludes halogenated alkanes) is 1. The number of rotatable bonds is 5. The minimum Gasteiger partial charge on any atom is -0.327 e. The van der Waals surface area contributed by atoms with Gasteiger partial charge in [-0.3, -0.25) is 0 Å². The summed E-state index contributed by atoms with van der Waals surface area (Å²) >= 11 is 0. The molecule has 0 amide bonds. The van der Waals surface area contributed by atoms with Gasteiger partial charge in [0.25, 0.3) is 0 Å². The van der Waals surface area contributed by atoms with Gasteiger partial charge in [-0.1, -0.05) is 25.8 Å². The predicted octanol–water partition coefficient (Wildman–Crippen LogP) is 3.50. The fraction of sp³-hybridized carbons (Fsp3) is 0.846. The molecule has 14 heavy (non-hydrogen) atoms. The van der Waals surface area contributed by atoms with Crippen molar-refractivity contribution in [2.75, 3.05) is 0 Å². The van der Waals surface area contributed by atoms with Crippen molar-refractivity contribution in [2.45, 2.75) is 57.9 Å². The van der Waals surface area contributed by atoms with Gasteiger partial charge >= 0.3 is 0 Å². The maximum absolute atomic E-state index is 6.20. The van der Waals surface area contributed by atoms with Crippen molar-refractivity contribution in [3.63, 3.8) is 0 Å². The first kappa shape index (κ1) is 11.8. The minimum atomic E-state index is 0.447. The van der Waals surface area contributed by atoms with Crippen LogP contribution < -0.4 is 5.73 Å². The van der Waals surface area contributed by atoms with Gasteiger partial charge in [0.15, 0.2) is 0 Å². The van der Waals surface area contributed by atoms with E-state index in [-0.39, 0.29) is 0 Å². The molecule has 1 rings (SSSR count). The number of nitrogens with two attached hydrogens (primary N) is 1. The van der Waals surface area contributed by atoms with Crippen LogP contribution in [0.2, 0.25) is 0 Å². The molecule has 1 nitrogen and oxygen atoms in total. The molecular weight excluding hydrogens is 170 g/mol. The molecule has 0 aromatic rings. The molecule has 0 bridgehead atoms. The van der Waals surface area contributed by atoms with Crippen LogP contribution in [0.3, 0.4) is 0 Å². The lowest BCUT2D eigenvalue weighted by molar-refractivity contribution is 0.246. The zero-order valence-electron chi connectivity index (χ0n) is 9.54. The Bertz CT molecular complexity index is 157. The topological polar surface area (TPSA) is 26.0 Å². The molecule has 1 fully saturated rings. The van der Waals surface area contributed by atoms with Crippen LogP contribution in [-0.4, -0.2) is 6.04 Å². The van der Waals surface area contributed by atoms with E-state index in [1.165, 1.54) is 38.5 Å². The molecule has 2 N–H and O–H groups in total. The van der Waals surface area contributed by atoms with Gasteiger partial charge in [-0.25, -0.2) is 0 Å². The highest BCUT2D eigenvalue weighted by Gasteiger charge is 2.22. The zero-order valence-corrected chi connectivity index (χ0v) is 9.54. The van der Waals surface area contributed by atoms with Crippen molar-refractivity contribution in [2.24, 2.45) is 17.6 Å². The van der Waals surface area contributed by atoms with E-state index in [1.807, 2.05) is 6.08 Å². The molecule has 0 saturated heterocycles. The molecule has 0 spiro atoms. The minimum absolute atomic E-state index is 0.447. The Morgan fingerprint density at radius 1 is 1.36 bits per heavy atom. The van der Waals surface area contributed by atoms with E-state index in [0.717, 1.165) is 18.3 Å². The molecule has 1 atom stereocenters. The first-order valence-corrected chi connectivity index (χ1v) is 6.10. The van der Waals surface area contributed by atoms with E-state index in [0.29, 0.717) is 6.04 Å². The number of allylic oxidation sites excluding steroid dienone is 1. The van der Waals surface area contributed by atoms with Gasteiger partial charge in [-0.05, 0) is 43.9 Å². The summed E-state index contributed by atoms with van der Waals surface area (Å²) < 4.78 is 0. The Balaban J connectivity index is 2.16. The van der Waals surface area contributed by atoms with Crippen LogP contribution in [0.1, 0.15) is 51.9 Å². The molecule has 1 unspecified atom stereocenters.